The van der Waals surface area contributed by atoms with E-state index in [1.54, 1.807) is 36.0 Å². The molecule has 0 atom stereocenters. The Morgan fingerprint density at radius 1 is 1.29 bits per heavy atom. The molecule has 1 aromatic carbocycles. The van der Waals surface area contributed by atoms with Crippen molar-refractivity contribution >= 4 is 5.91 Å². The van der Waals surface area contributed by atoms with E-state index in [4.69, 9.17) is 4.52 Å². The third-order valence-electron chi connectivity index (χ3n) is 3.39. The number of halogens is 1. The zero-order chi connectivity index (χ0) is 16.9. The van der Waals surface area contributed by atoms with E-state index in [0.29, 0.717) is 36.7 Å². The monoisotopic (exact) mass is 329 g/mol. The molecule has 1 N–H and O–H groups in total. The fourth-order valence-corrected chi connectivity index (χ4v) is 2.11. The van der Waals surface area contributed by atoms with Gasteiger partial charge in [-0.15, -0.1) is 5.10 Å². The van der Waals surface area contributed by atoms with E-state index in [-0.39, 0.29) is 11.7 Å². The number of carbonyl (C=O) groups is 1. The lowest BCUT2D eigenvalue weighted by Gasteiger charge is -1.98. The molecule has 3 aromatic rings. The van der Waals surface area contributed by atoms with Crippen LogP contribution in [0.15, 0.2) is 41.1 Å². The summed E-state index contributed by atoms with van der Waals surface area (Å²) in [6.45, 7) is 2.52. The van der Waals surface area contributed by atoms with Crippen molar-refractivity contribution in [1.29, 1.82) is 0 Å². The van der Waals surface area contributed by atoms with Gasteiger partial charge in [0.05, 0.1) is 19.3 Å². The molecule has 0 radical (unpaired) electrons. The molecule has 0 aliphatic rings. The number of benzene rings is 1. The predicted molar refractivity (Wildman–Crippen MR) is 83.2 cm³/mol. The second kappa shape index (κ2) is 7.03. The smallest absolute Gasteiger partial charge is 0.220 e. The van der Waals surface area contributed by atoms with Crippen LogP contribution in [-0.4, -0.2) is 26.1 Å². The van der Waals surface area contributed by atoms with Gasteiger partial charge in [0.2, 0.25) is 5.91 Å². The van der Waals surface area contributed by atoms with Gasteiger partial charge in [-0.2, -0.15) is 0 Å². The van der Waals surface area contributed by atoms with Crippen LogP contribution in [0.2, 0.25) is 0 Å². The highest BCUT2D eigenvalue weighted by molar-refractivity contribution is 5.75. The van der Waals surface area contributed by atoms with Crippen LogP contribution in [0.3, 0.4) is 0 Å². The Morgan fingerprint density at radius 3 is 2.83 bits per heavy atom. The minimum atomic E-state index is -0.302. The Morgan fingerprint density at radius 2 is 2.08 bits per heavy atom. The Labute approximate surface area is 137 Å². The van der Waals surface area contributed by atoms with E-state index in [1.165, 1.54) is 12.1 Å². The molecule has 0 aliphatic heterocycles. The van der Waals surface area contributed by atoms with Gasteiger partial charge >= 0.3 is 0 Å². The fourth-order valence-electron chi connectivity index (χ4n) is 2.11. The Hall–Kier alpha value is -3.03. The molecule has 0 unspecified atom stereocenters. The second-order valence-electron chi connectivity index (χ2n) is 5.23. The molecule has 0 saturated carbocycles. The Bertz CT molecular complexity index is 825. The highest BCUT2D eigenvalue weighted by Gasteiger charge is 2.09. The van der Waals surface area contributed by atoms with E-state index in [9.17, 15) is 9.18 Å². The first-order valence-electron chi connectivity index (χ1n) is 7.51. The van der Waals surface area contributed by atoms with Crippen LogP contribution in [0.25, 0.3) is 11.3 Å². The van der Waals surface area contributed by atoms with Crippen molar-refractivity contribution < 1.29 is 13.7 Å². The first kappa shape index (κ1) is 15.9. The fraction of sp³-hybridized carbons (Fsp3) is 0.250. The molecule has 8 heteroatoms. The number of rotatable bonds is 6. The van der Waals surface area contributed by atoms with Gasteiger partial charge in [0.25, 0.3) is 0 Å². The van der Waals surface area contributed by atoms with Gasteiger partial charge in [0.1, 0.15) is 17.2 Å². The van der Waals surface area contributed by atoms with E-state index in [0.717, 1.165) is 5.56 Å². The molecule has 2 heterocycles. The number of nitrogens with one attached hydrogen (secondary N) is 1. The van der Waals surface area contributed by atoms with Crippen molar-refractivity contribution in [2.75, 3.05) is 0 Å². The molecule has 2 aromatic heterocycles. The van der Waals surface area contributed by atoms with Crippen LogP contribution in [-0.2, 0) is 17.9 Å². The van der Waals surface area contributed by atoms with Gasteiger partial charge in [-0.3, -0.25) is 4.79 Å². The lowest BCUT2D eigenvalue weighted by Crippen LogP contribution is -2.21. The summed E-state index contributed by atoms with van der Waals surface area (Å²) in [4.78, 5) is 11.2. The van der Waals surface area contributed by atoms with E-state index in [2.05, 4.69) is 20.8 Å². The molecule has 0 saturated heterocycles. The van der Waals surface area contributed by atoms with Gasteiger partial charge in [0.15, 0.2) is 5.76 Å². The molecule has 3 rings (SSSR count). The third kappa shape index (κ3) is 3.83. The molecule has 124 valence electrons. The summed E-state index contributed by atoms with van der Waals surface area (Å²) in [5.74, 6) is 0.217. The highest BCUT2D eigenvalue weighted by atomic mass is 19.1. The van der Waals surface area contributed by atoms with Crippen molar-refractivity contribution in [3.63, 3.8) is 0 Å². The maximum absolute atomic E-state index is 12.9. The number of hydrogen-bond acceptors (Lipinski definition) is 5. The first-order chi connectivity index (χ1) is 11.6. The van der Waals surface area contributed by atoms with E-state index >= 15 is 0 Å². The van der Waals surface area contributed by atoms with Crippen LogP contribution in [0.5, 0.6) is 0 Å². The van der Waals surface area contributed by atoms with Crippen molar-refractivity contribution in [1.82, 2.24) is 25.5 Å². The van der Waals surface area contributed by atoms with Crippen LogP contribution in [0.4, 0.5) is 4.39 Å². The average Bonchev–Trinajstić information content (AvgIpc) is 3.23. The summed E-state index contributed by atoms with van der Waals surface area (Å²) in [5.41, 5.74) is 2.08. The standard InChI is InChI=1S/C16H16FN5O2/c1-2-16(23)18-8-14-10-22(21-19-14)9-13-7-15(24-20-13)11-3-5-12(17)6-4-11/h3-7,10H,2,8-9H2,1H3,(H,18,23). The summed E-state index contributed by atoms with van der Waals surface area (Å²) < 4.78 is 19.8. The highest BCUT2D eigenvalue weighted by Crippen LogP contribution is 2.20. The number of hydrogen-bond donors (Lipinski definition) is 1. The molecule has 7 nitrogen and oxygen atoms in total. The molecule has 0 spiro atoms. The van der Waals surface area contributed by atoms with Crippen molar-refractivity contribution in [3.8, 4) is 11.3 Å². The van der Waals surface area contributed by atoms with Gasteiger partial charge in [0, 0.05) is 18.1 Å². The van der Waals surface area contributed by atoms with Crippen LogP contribution >= 0.6 is 0 Å². The largest absolute Gasteiger partial charge is 0.356 e. The topological polar surface area (TPSA) is 85.8 Å². The van der Waals surface area contributed by atoms with Crippen molar-refractivity contribution in [3.05, 3.63) is 53.7 Å². The predicted octanol–water partition coefficient (Wildman–Crippen LogP) is 2.15. The van der Waals surface area contributed by atoms with Crippen LogP contribution < -0.4 is 5.32 Å². The SMILES string of the molecule is CCC(=O)NCc1cn(Cc2cc(-c3ccc(F)cc3)on2)nn1. The Kier molecular flexibility index (Phi) is 4.64. The van der Waals surface area contributed by atoms with Gasteiger partial charge < -0.3 is 9.84 Å². The van der Waals surface area contributed by atoms with Gasteiger partial charge in [-0.1, -0.05) is 17.3 Å². The van der Waals surface area contributed by atoms with Crippen LogP contribution in [0, 0.1) is 5.82 Å². The first-order valence-corrected chi connectivity index (χ1v) is 7.51. The zero-order valence-corrected chi connectivity index (χ0v) is 13.1. The molecule has 1 amide bonds. The summed E-state index contributed by atoms with van der Waals surface area (Å²) in [7, 11) is 0. The quantitative estimate of drug-likeness (QED) is 0.749. The Balaban J connectivity index is 1.63. The molecular weight excluding hydrogens is 313 g/mol. The molecular formula is C16H16FN5O2. The minimum absolute atomic E-state index is 0.0370. The lowest BCUT2D eigenvalue weighted by molar-refractivity contribution is -0.120. The maximum atomic E-state index is 12.9. The van der Waals surface area contributed by atoms with E-state index < -0.39 is 0 Å². The van der Waals surface area contributed by atoms with Crippen LogP contribution in [0.1, 0.15) is 24.7 Å². The minimum Gasteiger partial charge on any atom is -0.356 e. The average molecular weight is 329 g/mol. The van der Waals surface area contributed by atoms with Gasteiger partial charge in [-0.25, -0.2) is 9.07 Å². The zero-order valence-electron chi connectivity index (χ0n) is 13.1. The number of nitrogens with zero attached hydrogens (tertiary/aromatic N) is 4. The number of carbonyl (C=O) groups excluding carboxylic acids is 1. The summed E-state index contributed by atoms with van der Waals surface area (Å²) in [5, 5.41) is 14.7. The van der Waals surface area contributed by atoms with Crippen molar-refractivity contribution in [2.45, 2.75) is 26.4 Å². The van der Waals surface area contributed by atoms with Crippen molar-refractivity contribution in [2.24, 2.45) is 0 Å². The normalized spacial score (nSPS) is 10.8. The summed E-state index contributed by atoms with van der Waals surface area (Å²) >= 11 is 0. The second-order valence-corrected chi connectivity index (χ2v) is 5.23. The number of amides is 1. The maximum Gasteiger partial charge on any atom is 0.220 e. The summed E-state index contributed by atoms with van der Waals surface area (Å²) in [6, 6.07) is 7.76. The lowest BCUT2D eigenvalue weighted by atomic mass is 10.1. The molecule has 0 aliphatic carbocycles. The van der Waals surface area contributed by atoms with E-state index in [1.807, 2.05) is 0 Å². The molecule has 0 fully saturated rings. The van der Waals surface area contributed by atoms with Gasteiger partial charge in [-0.05, 0) is 24.3 Å². The summed E-state index contributed by atoms with van der Waals surface area (Å²) in [6.07, 6.45) is 2.17. The molecule has 0 bridgehead atoms. The molecule has 24 heavy (non-hydrogen) atoms. The third-order valence-corrected chi connectivity index (χ3v) is 3.39. The number of aromatic nitrogens is 4.